The molecule has 0 aromatic heterocycles. The van der Waals surface area contributed by atoms with Crippen molar-refractivity contribution in [2.24, 2.45) is 0 Å². The first-order valence-corrected chi connectivity index (χ1v) is 8.80. The van der Waals surface area contributed by atoms with E-state index in [4.69, 9.17) is 0 Å². The molecule has 0 spiro atoms. The quantitative estimate of drug-likeness (QED) is 0.223. The fourth-order valence-corrected chi connectivity index (χ4v) is 2.77. The summed E-state index contributed by atoms with van der Waals surface area (Å²) in [7, 11) is 3.36. The van der Waals surface area contributed by atoms with E-state index in [1.807, 2.05) is 30.3 Å². The molecule has 0 fully saturated rings. The van der Waals surface area contributed by atoms with Crippen molar-refractivity contribution >= 4 is 37.0 Å². The van der Waals surface area contributed by atoms with E-state index >= 15 is 0 Å². The van der Waals surface area contributed by atoms with Crippen LogP contribution in [0.3, 0.4) is 0 Å². The molecule has 0 aliphatic rings. The van der Waals surface area contributed by atoms with Crippen LogP contribution >= 0.6 is 0 Å². The fraction of sp³-hybridized carbons (Fsp3) is 0. The van der Waals surface area contributed by atoms with Gasteiger partial charge in [0.2, 0.25) is 0 Å². The minimum absolute atomic E-state index is 0. The van der Waals surface area contributed by atoms with Gasteiger partial charge in [-0.25, -0.2) is 0 Å². The van der Waals surface area contributed by atoms with Crippen molar-refractivity contribution in [1.82, 2.24) is 0 Å². The van der Waals surface area contributed by atoms with Crippen molar-refractivity contribution in [1.29, 1.82) is 0 Å². The zero-order valence-corrected chi connectivity index (χ0v) is 17.9. The number of hydrogen-bond donors (Lipinski definition) is 0. The van der Waals surface area contributed by atoms with E-state index in [0.29, 0.717) is 0 Å². The van der Waals surface area contributed by atoms with Gasteiger partial charge in [-0.2, -0.15) is 35.0 Å². The molecule has 0 bridgehead atoms. The molecule has 0 N–H and O–H groups in total. The van der Waals surface area contributed by atoms with Crippen molar-refractivity contribution < 1.29 is 26.2 Å². The largest absolute Gasteiger partial charge is 2.00 e. The predicted octanol–water partition coefficient (Wildman–Crippen LogP) is 5.60. The Labute approximate surface area is 177 Å². The first-order chi connectivity index (χ1) is 12.3. The molecule has 5 aromatic carbocycles. The van der Waals surface area contributed by atoms with Gasteiger partial charge < -0.3 is 0 Å². The molecule has 0 aliphatic heterocycles. The molecule has 5 rings (SSSR count). The zero-order chi connectivity index (χ0) is 17.3. The molecule has 0 amide bonds. The summed E-state index contributed by atoms with van der Waals surface area (Å²) in [4.78, 5) is 0. The van der Waals surface area contributed by atoms with Gasteiger partial charge in [0.05, 0.1) is 10.2 Å². The minimum atomic E-state index is 0. The van der Waals surface area contributed by atoms with Gasteiger partial charge in [-0.05, 0) is 0 Å². The molecule has 2 heteroatoms. The van der Waals surface area contributed by atoms with Gasteiger partial charge in [0.15, 0.2) is 0 Å². The molecule has 0 saturated heterocycles. The fourth-order valence-electron chi connectivity index (χ4n) is 2.58. The van der Waals surface area contributed by atoms with Crippen LogP contribution in [0.1, 0.15) is 0 Å². The standard InChI is InChI=1S/2C9H7.C6H5Si.Zr/c2*1-2-5-9-7-3-6-8(9)4-1;7-6-4-2-1-3-5-6;/h2*1-7H;1-5H;/q2*-1;;+2. The van der Waals surface area contributed by atoms with Gasteiger partial charge >= 0.3 is 26.2 Å². The van der Waals surface area contributed by atoms with Crippen LogP contribution in [0.4, 0.5) is 0 Å². The second-order valence-corrected chi connectivity index (χ2v) is 6.25. The Morgan fingerprint density at radius 1 is 0.500 bits per heavy atom. The maximum absolute atomic E-state index is 3.36. The zero-order valence-electron chi connectivity index (χ0n) is 14.5. The molecule has 26 heavy (non-hydrogen) atoms. The third kappa shape index (κ3) is 6.05. The van der Waals surface area contributed by atoms with Crippen LogP contribution in [0.2, 0.25) is 0 Å². The minimum Gasteiger partial charge on any atom is -0.168 e. The van der Waals surface area contributed by atoms with Crippen molar-refractivity contribution in [3.05, 3.63) is 115 Å². The van der Waals surface area contributed by atoms with E-state index in [-0.39, 0.29) is 26.2 Å². The maximum Gasteiger partial charge on any atom is 2.00 e. The van der Waals surface area contributed by atoms with Gasteiger partial charge in [-0.1, -0.05) is 47.7 Å². The molecular weight excluding hydrogens is 408 g/mol. The van der Waals surface area contributed by atoms with E-state index in [1.165, 1.54) is 21.5 Å². The summed E-state index contributed by atoms with van der Waals surface area (Å²) in [5.74, 6) is 0. The van der Waals surface area contributed by atoms with E-state index < -0.39 is 0 Å². The van der Waals surface area contributed by atoms with Gasteiger partial charge in [-0.15, -0.1) is 59.3 Å². The van der Waals surface area contributed by atoms with Gasteiger partial charge in [0, 0.05) is 0 Å². The number of benzene rings is 3. The topological polar surface area (TPSA) is 0 Å². The second kappa shape index (κ2) is 10.9. The Kier molecular flexibility index (Phi) is 8.47. The van der Waals surface area contributed by atoms with Crippen LogP contribution in [0.5, 0.6) is 0 Å². The average Bonchev–Trinajstić information content (AvgIpc) is 3.32. The van der Waals surface area contributed by atoms with E-state index in [1.54, 1.807) is 0 Å². The van der Waals surface area contributed by atoms with E-state index in [2.05, 4.69) is 95.2 Å². The predicted molar refractivity (Wildman–Crippen MR) is 111 cm³/mol. The Hall–Kier alpha value is -2.02. The van der Waals surface area contributed by atoms with Gasteiger partial charge in [-0.3, -0.25) is 0 Å². The maximum atomic E-state index is 3.36. The summed E-state index contributed by atoms with van der Waals surface area (Å²) >= 11 is 0. The molecule has 0 aliphatic carbocycles. The Balaban J connectivity index is 0.000000139. The van der Waals surface area contributed by atoms with Crippen molar-refractivity contribution in [2.45, 2.75) is 0 Å². The molecule has 0 atom stereocenters. The molecule has 0 unspecified atom stereocenters. The molecule has 0 heterocycles. The van der Waals surface area contributed by atoms with Crippen molar-refractivity contribution in [3.63, 3.8) is 0 Å². The summed E-state index contributed by atoms with van der Waals surface area (Å²) in [6.45, 7) is 0. The number of hydrogen-bond acceptors (Lipinski definition) is 0. The molecule has 5 aromatic rings. The van der Waals surface area contributed by atoms with Crippen LogP contribution in [0, 0.1) is 0 Å². The smallest absolute Gasteiger partial charge is 0.168 e. The summed E-state index contributed by atoms with van der Waals surface area (Å²) < 4.78 is 0. The Morgan fingerprint density at radius 3 is 1.31 bits per heavy atom. The van der Waals surface area contributed by atoms with Crippen LogP contribution < -0.4 is 5.19 Å². The summed E-state index contributed by atoms with van der Waals surface area (Å²) in [5.41, 5.74) is 0. The Bertz CT molecular complexity index is 885. The molecular formula is C24H19SiZr. The third-order valence-corrected chi connectivity index (χ3v) is 4.20. The number of fused-ring (bicyclic) bond motifs is 2. The van der Waals surface area contributed by atoms with Crippen LogP contribution in [0.15, 0.2) is 115 Å². The van der Waals surface area contributed by atoms with Crippen LogP contribution in [-0.4, -0.2) is 10.2 Å². The first kappa shape index (κ1) is 20.3. The Morgan fingerprint density at radius 2 is 0.923 bits per heavy atom. The van der Waals surface area contributed by atoms with Gasteiger partial charge in [0.1, 0.15) is 0 Å². The first-order valence-electron chi connectivity index (χ1n) is 8.30. The average molecular weight is 427 g/mol. The summed E-state index contributed by atoms with van der Waals surface area (Å²) in [6.07, 6.45) is 0. The summed E-state index contributed by atoms with van der Waals surface area (Å²) in [6, 6.07) is 39.3. The van der Waals surface area contributed by atoms with Crippen LogP contribution in [0.25, 0.3) is 21.5 Å². The third-order valence-electron chi connectivity index (χ3n) is 3.87. The molecule has 123 valence electrons. The molecule has 0 nitrogen and oxygen atoms in total. The van der Waals surface area contributed by atoms with Crippen molar-refractivity contribution in [2.75, 3.05) is 0 Å². The molecule has 3 radical (unpaired) electrons. The van der Waals surface area contributed by atoms with E-state index in [0.717, 1.165) is 5.19 Å². The normalized spacial score (nSPS) is 9.42. The second-order valence-electron chi connectivity index (χ2n) is 5.68. The summed E-state index contributed by atoms with van der Waals surface area (Å²) in [5, 5.41) is 6.45. The van der Waals surface area contributed by atoms with Crippen molar-refractivity contribution in [3.8, 4) is 0 Å². The SMILES string of the molecule is [Si]c1ccccc1.[Zr+2].c1ccc2[cH-]ccc2c1.c1ccc2[cH-]ccc2c1. The monoisotopic (exact) mass is 425 g/mol. The van der Waals surface area contributed by atoms with Crippen LogP contribution in [-0.2, 0) is 26.2 Å². The molecule has 0 saturated carbocycles. The van der Waals surface area contributed by atoms with E-state index in [9.17, 15) is 0 Å². The van der Waals surface area contributed by atoms with Gasteiger partial charge in [0.25, 0.3) is 0 Å². The number of rotatable bonds is 0.